The van der Waals surface area contributed by atoms with Gasteiger partial charge in [-0.15, -0.1) is 0 Å². The molecule has 1 N–H and O–H groups in total. The second-order valence-corrected chi connectivity index (χ2v) is 7.16. The molecule has 0 spiro atoms. The fourth-order valence-corrected chi connectivity index (χ4v) is 3.59. The SMILES string of the molecule is O=C(COC(c1ccccc1)c1ccccc1)Nc1ccc(N2CCCC2)nc1. The van der Waals surface area contributed by atoms with Gasteiger partial charge in [-0.25, -0.2) is 4.98 Å². The van der Waals surface area contributed by atoms with E-state index in [2.05, 4.69) is 15.2 Å². The number of carbonyl (C=O) groups is 1. The van der Waals surface area contributed by atoms with E-state index in [4.69, 9.17) is 4.74 Å². The van der Waals surface area contributed by atoms with Gasteiger partial charge in [0.1, 0.15) is 18.5 Å². The molecule has 1 aliphatic rings. The molecule has 0 atom stereocenters. The third kappa shape index (κ3) is 5.00. The van der Waals surface area contributed by atoms with E-state index in [0.717, 1.165) is 30.0 Å². The first-order valence-corrected chi connectivity index (χ1v) is 10.0. The highest BCUT2D eigenvalue weighted by Crippen LogP contribution is 2.26. The summed E-state index contributed by atoms with van der Waals surface area (Å²) in [6.07, 6.45) is 3.83. The van der Waals surface area contributed by atoms with E-state index in [1.807, 2.05) is 72.8 Å². The molecule has 3 aromatic rings. The fourth-order valence-electron chi connectivity index (χ4n) is 3.59. The first-order chi connectivity index (χ1) is 14.3. The molecule has 1 amide bonds. The summed E-state index contributed by atoms with van der Waals surface area (Å²) in [6, 6.07) is 23.7. The van der Waals surface area contributed by atoms with Crippen molar-refractivity contribution >= 4 is 17.4 Å². The maximum absolute atomic E-state index is 12.4. The van der Waals surface area contributed by atoms with E-state index < -0.39 is 0 Å². The molecule has 2 aromatic carbocycles. The average molecular weight is 387 g/mol. The predicted molar refractivity (Wildman–Crippen MR) is 115 cm³/mol. The molecule has 1 aliphatic heterocycles. The quantitative estimate of drug-likeness (QED) is 0.652. The van der Waals surface area contributed by atoms with Crippen molar-refractivity contribution in [3.05, 3.63) is 90.1 Å². The molecule has 0 bridgehead atoms. The highest BCUT2D eigenvalue weighted by atomic mass is 16.5. The first kappa shape index (κ1) is 19.2. The highest BCUT2D eigenvalue weighted by Gasteiger charge is 2.17. The number of pyridine rings is 1. The average Bonchev–Trinajstić information content (AvgIpc) is 3.31. The van der Waals surface area contributed by atoms with Gasteiger partial charge in [0.15, 0.2) is 0 Å². The molecule has 1 saturated heterocycles. The van der Waals surface area contributed by atoms with Gasteiger partial charge in [0.2, 0.25) is 5.91 Å². The minimum absolute atomic E-state index is 0.0394. The molecule has 5 nitrogen and oxygen atoms in total. The summed E-state index contributed by atoms with van der Waals surface area (Å²) in [5.41, 5.74) is 2.71. The zero-order chi connectivity index (χ0) is 19.9. The third-order valence-electron chi connectivity index (χ3n) is 5.05. The van der Waals surface area contributed by atoms with E-state index in [-0.39, 0.29) is 18.6 Å². The lowest BCUT2D eigenvalue weighted by Gasteiger charge is -2.19. The molecular formula is C24H25N3O2. The maximum Gasteiger partial charge on any atom is 0.250 e. The number of benzene rings is 2. The standard InChI is InChI=1S/C24H25N3O2/c28-23(26-21-13-14-22(25-17-21)27-15-7-8-16-27)18-29-24(19-9-3-1-4-10-19)20-11-5-2-6-12-20/h1-6,9-14,17,24H,7-8,15-16,18H2,(H,26,28). The van der Waals surface area contributed by atoms with Gasteiger partial charge in [0.05, 0.1) is 11.9 Å². The summed E-state index contributed by atoms with van der Waals surface area (Å²) in [5, 5.41) is 2.87. The smallest absolute Gasteiger partial charge is 0.250 e. The Hall–Kier alpha value is -3.18. The summed E-state index contributed by atoms with van der Waals surface area (Å²) in [5.74, 6) is 0.766. The monoisotopic (exact) mass is 387 g/mol. The van der Waals surface area contributed by atoms with E-state index in [0.29, 0.717) is 5.69 Å². The number of rotatable bonds is 7. The van der Waals surface area contributed by atoms with Crippen LogP contribution in [0.1, 0.15) is 30.1 Å². The number of nitrogens with one attached hydrogen (secondary N) is 1. The van der Waals surface area contributed by atoms with Crippen molar-refractivity contribution in [2.45, 2.75) is 18.9 Å². The molecule has 0 unspecified atom stereocenters. The van der Waals surface area contributed by atoms with Gasteiger partial charge < -0.3 is 15.0 Å². The second kappa shape index (κ2) is 9.34. The van der Waals surface area contributed by atoms with Crippen LogP contribution in [0.15, 0.2) is 79.0 Å². The topological polar surface area (TPSA) is 54.5 Å². The van der Waals surface area contributed by atoms with Crippen LogP contribution in [0.4, 0.5) is 11.5 Å². The van der Waals surface area contributed by atoms with Gasteiger partial charge in [-0.1, -0.05) is 60.7 Å². The van der Waals surface area contributed by atoms with E-state index in [9.17, 15) is 4.79 Å². The zero-order valence-corrected chi connectivity index (χ0v) is 16.3. The Bertz CT molecular complexity index is 868. The molecule has 0 saturated carbocycles. The Morgan fingerprint density at radius 2 is 1.55 bits per heavy atom. The number of ether oxygens (including phenoxy) is 1. The van der Waals surface area contributed by atoms with Crippen molar-refractivity contribution < 1.29 is 9.53 Å². The largest absolute Gasteiger partial charge is 0.359 e. The minimum atomic E-state index is -0.293. The summed E-state index contributed by atoms with van der Waals surface area (Å²) in [4.78, 5) is 19.2. The maximum atomic E-state index is 12.4. The van der Waals surface area contributed by atoms with Crippen LogP contribution in [0.2, 0.25) is 0 Å². The molecule has 1 aromatic heterocycles. The highest BCUT2D eigenvalue weighted by molar-refractivity contribution is 5.91. The lowest BCUT2D eigenvalue weighted by molar-refractivity contribution is -0.121. The normalized spacial score (nSPS) is 13.6. The Kier molecular flexibility index (Phi) is 6.17. The van der Waals surface area contributed by atoms with Crippen molar-refractivity contribution in [3.63, 3.8) is 0 Å². The molecule has 0 aliphatic carbocycles. The van der Waals surface area contributed by atoms with Crippen molar-refractivity contribution in [1.29, 1.82) is 0 Å². The number of hydrogen-bond acceptors (Lipinski definition) is 4. The third-order valence-corrected chi connectivity index (χ3v) is 5.05. The zero-order valence-electron chi connectivity index (χ0n) is 16.3. The lowest BCUT2D eigenvalue weighted by atomic mass is 10.0. The van der Waals surface area contributed by atoms with Gasteiger partial charge >= 0.3 is 0 Å². The molecule has 0 radical (unpaired) electrons. The Labute approximate surface area is 171 Å². The molecule has 148 valence electrons. The van der Waals surface area contributed by atoms with Gasteiger partial charge in [-0.3, -0.25) is 4.79 Å². The second-order valence-electron chi connectivity index (χ2n) is 7.16. The van der Waals surface area contributed by atoms with E-state index in [1.165, 1.54) is 12.8 Å². The van der Waals surface area contributed by atoms with E-state index in [1.54, 1.807) is 6.20 Å². The number of aromatic nitrogens is 1. The summed E-state index contributed by atoms with van der Waals surface area (Å²) >= 11 is 0. The molecule has 5 heteroatoms. The van der Waals surface area contributed by atoms with Crippen LogP contribution in [0, 0.1) is 0 Å². The van der Waals surface area contributed by atoms with Gasteiger partial charge in [0, 0.05) is 13.1 Å². The minimum Gasteiger partial charge on any atom is -0.359 e. The van der Waals surface area contributed by atoms with Crippen molar-refractivity contribution in [1.82, 2.24) is 4.98 Å². The van der Waals surface area contributed by atoms with Crippen LogP contribution in [-0.4, -0.2) is 30.6 Å². The number of hydrogen-bond donors (Lipinski definition) is 1. The summed E-state index contributed by atoms with van der Waals surface area (Å²) in [7, 11) is 0. The van der Waals surface area contributed by atoms with Crippen LogP contribution in [0.25, 0.3) is 0 Å². The lowest BCUT2D eigenvalue weighted by Crippen LogP contribution is -2.21. The molecule has 29 heavy (non-hydrogen) atoms. The van der Waals surface area contributed by atoms with Crippen molar-refractivity contribution in [2.75, 3.05) is 29.9 Å². The Morgan fingerprint density at radius 3 is 2.10 bits per heavy atom. The molecule has 2 heterocycles. The summed E-state index contributed by atoms with van der Waals surface area (Å²) in [6.45, 7) is 2.06. The Morgan fingerprint density at radius 1 is 0.931 bits per heavy atom. The number of anilines is 2. The molecule has 4 rings (SSSR count). The molecule has 1 fully saturated rings. The molecular weight excluding hydrogens is 362 g/mol. The van der Waals surface area contributed by atoms with Crippen LogP contribution >= 0.6 is 0 Å². The van der Waals surface area contributed by atoms with E-state index >= 15 is 0 Å². The number of carbonyl (C=O) groups excluding carboxylic acids is 1. The van der Waals surface area contributed by atoms with Gasteiger partial charge in [-0.2, -0.15) is 0 Å². The van der Waals surface area contributed by atoms with Crippen LogP contribution in [0.3, 0.4) is 0 Å². The van der Waals surface area contributed by atoms with Gasteiger partial charge in [0.25, 0.3) is 0 Å². The predicted octanol–water partition coefficient (Wildman–Crippen LogP) is 4.43. The Balaban J connectivity index is 1.38. The van der Waals surface area contributed by atoms with Crippen LogP contribution in [-0.2, 0) is 9.53 Å². The first-order valence-electron chi connectivity index (χ1n) is 10.0. The fraction of sp³-hybridized carbons (Fsp3) is 0.250. The van der Waals surface area contributed by atoms with Crippen LogP contribution in [0.5, 0.6) is 0 Å². The van der Waals surface area contributed by atoms with Crippen molar-refractivity contribution in [3.8, 4) is 0 Å². The number of nitrogens with zero attached hydrogens (tertiary/aromatic N) is 2. The van der Waals surface area contributed by atoms with Crippen LogP contribution < -0.4 is 10.2 Å². The van der Waals surface area contributed by atoms with Crippen molar-refractivity contribution in [2.24, 2.45) is 0 Å². The summed E-state index contributed by atoms with van der Waals surface area (Å²) < 4.78 is 6.01. The van der Waals surface area contributed by atoms with Gasteiger partial charge in [-0.05, 0) is 36.1 Å². The number of amides is 1.